The van der Waals surface area contributed by atoms with Crippen LogP contribution in [-0.4, -0.2) is 12.4 Å². The van der Waals surface area contributed by atoms with E-state index < -0.39 is 0 Å². The first-order valence-electron chi connectivity index (χ1n) is 16.8. The lowest BCUT2D eigenvalue weighted by molar-refractivity contribution is 0.284. The molecule has 0 radical (unpaired) electrons. The first-order valence-corrected chi connectivity index (χ1v) is 16.8. The molecule has 2 nitrogen and oxygen atoms in total. The Bertz CT molecular complexity index is 683. The van der Waals surface area contributed by atoms with Gasteiger partial charge in [0.25, 0.3) is 0 Å². The lowest BCUT2D eigenvalue weighted by Gasteiger charge is -2.26. The molecule has 0 N–H and O–H groups in total. The Hall–Kier alpha value is -1.57. The van der Waals surface area contributed by atoms with Gasteiger partial charge in [0.15, 0.2) is 12.4 Å². The Morgan fingerprint density at radius 1 is 0.526 bits per heavy atom. The highest BCUT2D eigenvalue weighted by molar-refractivity contribution is 6.18. The molecule has 0 spiro atoms. The minimum atomic E-state index is 0.498. The zero-order valence-electron chi connectivity index (χ0n) is 25.4. The van der Waals surface area contributed by atoms with E-state index in [4.69, 9.17) is 9.98 Å². The van der Waals surface area contributed by atoms with Crippen LogP contribution in [0.2, 0.25) is 0 Å². The summed E-state index contributed by atoms with van der Waals surface area (Å²) in [6.45, 7) is 4.60. The summed E-state index contributed by atoms with van der Waals surface area (Å²) in [5, 5.41) is 0. The van der Waals surface area contributed by atoms with E-state index in [9.17, 15) is 0 Å². The molecule has 1 aliphatic heterocycles. The van der Waals surface area contributed by atoms with E-state index >= 15 is 0 Å². The second kappa shape index (κ2) is 23.3. The fourth-order valence-corrected chi connectivity index (χ4v) is 6.13. The lowest BCUT2D eigenvalue weighted by Crippen LogP contribution is -2.22. The number of rotatable bonds is 26. The van der Waals surface area contributed by atoms with E-state index in [1.165, 1.54) is 147 Å². The summed E-state index contributed by atoms with van der Waals surface area (Å²) in [5.74, 6) is 1.14. The summed E-state index contributed by atoms with van der Waals surface area (Å²) in [6.07, 6.45) is 36.7. The second-order valence-electron chi connectivity index (χ2n) is 11.9. The molecular weight excluding hydrogens is 460 g/mol. The fraction of sp³-hybridized carbons (Fsp3) is 0.750. The number of aliphatic imine (C=N–C) groups is 2. The summed E-state index contributed by atoms with van der Waals surface area (Å²) >= 11 is 0. The van der Waals surface area contributed by atoms with Crippen LogP contribution in [0.4, 0.5) is 0 Å². The van der Waals surface area contributed by atoms with Crippen LogP contribution in [0.5, 0.6) is 0 Å². The van der Waals surface area contributed by atoms with Crippen LogP contribution in [0.3, 0.4) is 0 Å². The van der Waals surface area contributed by atoms with Crippen molar-refractivity contribution in [2.75, 3.05) is 0 Å². The molecule has 0 amide bonds. The first kappa shape index (κ1) is 32.6. The van der Waals surface area contributed by atoms with E-state index in [0.717, 1.165) is 12.6 Å². The molecule has 1 aliphatic rings. The van der Waals surface area contributed by atoms with Crippen LogP contribution in [0.1, 0.15) is 161 Å². The van der Waals surface area contributed by atoms with E-state index in [-0.39, 0.29) is 0 Å². The predicted molar refractivity (Wildman–Crippen MR) is 170 cm³/mol. The van der Waals surface area contributed by atoms with Gasteiger partial charge in [-0.1, -0.05) is 183 Å². The van der Waals surface area contributed by atoms with Crippen LogP contribution in [0.25, 0.3) is 0 Å². The van der Waals surface area contributed by atoms with Gasteiger partial charge < -0.3 is 0 Å². The Morgan fingerprint density at radius 3 is 1.42 bits per heavy atom. The third kappa shape index (κ3) is 15.7. The smallest absolute Gasteiger partial charge is 0.0965 e. The third-order valence-electron chi connectivity index (χ3n) is 8.52. The fourth-order valence-electron chi connectivity index (χ4n) is 6.13. The Balaban J connectivity index is 1.77. The van der Waals surface area contributed by atoms with Gasteiger partial charge in [0.05, 0.1) is 5.92 Å². The number of benzene rings is 1. The van der Waals surface area contributed by atoms with Gasteiger partial charge in [-0.05, 0) is 30.7 Å². The van der Waals surface area contributed by atoms with E-state index in [1.54, 1.807) is 0 Å². The van der Waals surface area contributed by atoms with Gasteiger partial charge in [-0.15, -0.1) is 0 Å². The highest BCUT2D eigenvalue weighted by atomic mass is 15.0. The van der Waals surface area contributed by atoms with Crippen molar-refractivity contribution >= 4 is 12.4 Å². The van der Waals surface area contributed by atoms with Crippen LogP contribution in [0.15, 0.2) is 40.3 Å². The summed E-state index contributed by atoms with van der Waals surface area (Å²) in [7, 11) is 0. The maximum atomic E-state index is 4.73. The number of unbranched alkanes of at least 4 members (excludes halogenated alkanes) is 18. The zero-order valence-corrected chi connectivity index (χ0v) is 25.4. The van der Waals surface area contributed by atoms with Crippen molar-refractivity contribution in [1.82, 2.24) is 0 Å². The minimum absolute atomic E-state index is 0.498. The zero-order chi connectivity index (χ0) is 26.9. The van der Waals surface area contributed by atoms with Crippen molar-refractivity contribution in [3.63, 3.8) is 0 Å². The largest absolute Gasteiger partial charge is 0.244 e. The number of hydrogen-bond donors (Lipinski definition) is 0. The molecule has 0 aliphatic carbocycles. The standard InChI is InChI=1S/C36H61N2/c1-3-5-7-9-11-13-14-16-18-20-25-29-35(36-37-30-31-38-36)34(32-33-26-22-21-23-27-33)28-24-19-17-15-12-10-8-6-4-2/h21-23,26-27,30-31,34-35H,3-20,24-25,28-29,32H2,1-2H3/q+1. The van der Waals surface area contributed by atoms with Gasteiger partial charge in [0.2, 0.25) is 6.17 Å². The third-order valence-corrected chi connectivity index (χ3v) is 8.52. The van der Waals surface area contributed by atoms with E-state index in [0.29, 0.717) is 11.8 Å². The average molecular weight is 522 g/mol. The lowest BCUT2D eigenvalue weighted by atomic mass is 9.78. The van der Waals surface area contributed by atoms with Gasteiger partial charge in [-0.25, -0.2) is 0 Å². The van der Waals surface area contributed by atoms with E-state index in [2.05, 4.69) is 44.2 Å². The normalized spacial score (nSPS) is 14.4. The van der Waals surface area contributed by atoms with Crippen LogP contribution in [0, 0.1) is 18.0 Å². The topological polar surface area (TPSA) is 24.7 Å². The molecule has 0 aromatic heterocycles. The van der Waals surface area contributed by atoms with Gasteiger partial charge in [0, 0.05) is 0 Å². The molecule has 1 aromatic carbocycles. The maximum absolute atomic E-state index is 4.73. The van der Waals surface area contributed by atoms with Crippen molar-refractivity contribution in [2.45, 2.75) is 162 Å². The van der Waals surface area contributed by atoms with Crippen molar-refractivity contribution in [3.05, 3.63) is 42.1 Å². The summed E-state index contributed by atoms with van der Waals surface area (Å²) in [4.78, 5) is 9.46. The van der Waals surface area contributed by atoms with Crippen LogP contribution < -0.4 is 0 Å². The number of nitrogens with zero attached hydrogens (tertiary/aromatic N) is 2. The average Bonchev–Trinajstić information content (AvgIpc) is 3.48. The van der Waals surface area contributed by atoms with Gasteiger partial charge in [0.1, 0.15) is 0 Å². The predicted octanol–water partition coefficient (Wildman–Crippen LogP) is 11.7. The molecular formula is C36H61N2+. The molecule has 2 unspecified atom stereocenters. The molecule has 0 saturated carbocycles. The van der Waals surface area contributed by atoms with Crippen molar-refractivity contribution in [1.29, 1.82) is 0 Å². The molecule has 1 heterocycles. The highest BCUT2D eigenvalue weighted by Gasteiger charge is 2.35. The maximum Gasteiger partial charge on any atom is 0.244 e. The summed E-state index contributed by atoms with van der Waals surface area (Å²) in [6, 6.07) is 11.2. The first-order chi connectivity index (χ1) is 18.8. The Labute approximate surface area is 237 Å². The molecule has 2 atom stereocenters. The monoisotopic (exact) mass is 521 g/mol. The van der Waals surface area contributed by atoms with Crippen molar-refractivity contribution in [2.24, 2.45) is 21.8 Å². The van der Waals surface area contributed by atoms with Gasteiger partial charge >= 0.3 is 0 Å². The quantitative estimate of drug-likeness (QED) is 0.0855. The second-order valence-corrected chi connectivity index (χ2v) is 11.9. The Morgan fingerprint density at radius 2 is 0.947 bits per heavy atom. The summed E-state index contributed by atoms with van der Waals surface area (Å²) < 4.78 is 0. The molecule has 0 saturated heterocycles. The van der Waals surface area contributed by atoms with Crippen LogP contribution >= 0.6 is 0 Å². The summed E-state index contributed by atoms with van der Waals surface area (Å²) in [5.41, 5.74) is 1.48. The molecule has 0 fully saturated rings. The molecule has 38 heavy (non-hydrogen) atoms. The van der Waals surface area contributed by atoms with Crippen molar-refractivity contribution < 1.29 is 0 Å². The van der Waals surface area contributed by atoms with Gasteiger partial charge in [-0.2, -0.15) is 0 Å². The van der Waals surface area contributed by atoms with Crippen molar-refractivity contribution in [3.8, 4) is 0 Å². The molecule has 1 aromatic rings. The van der Waals surface area contributed by atoms with Crippen LogP contribution in [-0.2, 0) is 6.42 Å². The minimum Gasteiger partial charge on any atom is -0.0965 e. The molecule has 214 valence electrons. The highest BCUT2D eigenvalue weighted by Crippen LogP contribution is 2.37. The Kier molecular flexibility index (Phi) is 20.0. The molecule has 2 rings (SSSR count). The van der Waals surface area contributed by atoms with Gasteiger partial charge in [-0.3, -0.25) is 0 Å². The SMILES string of the molecule is CCCCCCCCCCCCCC([C+]1N=CC=N1)C(CCCCCCCCCCC)Cc1ccccc1. The molecule has 2 heteroatoms. The number of hydrogen-bond acceptors (Lipinski definition) is 2. The van der Waals surface area contributed by atoms with E-state index in [1.807, 2.05) is 12.4 Å². The molecule has 0 bridgehead atoms.